The van der Waals surface area contributed by atoms with E-state index in [-0.39, 0.29) is 0 Å². The molecule has 0 aromatic carbocycles. The maximum absolute atomic E-state index is 2.80. The summed E-state index contributed by atoms with van der Waals surface area (Å²) in [6.07, 6.45) is 5.98. The van der Waals surface area contributed by atoms with E-state index < -0.39 is 0 Å². The van der Waals surface area contributed by atoms with E-state index in [0.29, 0.717) is 5.54 Å². The summed E-state index contributed by atoms with van der Waals surface area (Å²) in [4.78, 5) is 2.80. The lowest BCUT2D eigenvalue weighted by molar-refractivity contribution is -0.217. The lowest BCUT2D eigenvalue weighted by Crippen LogP contribution is -2.79. The Morgan fingerprint density at radius 3 is 2.33 bits per heavy atom. The molecule has 0 aromatic rings. The van der Waals surface area contributed by atoms with Crippen LogP contribution in [0.4, 0.5) is 0 Å². The number of hydrogen-bond acceptors (Lipinski definition) is 1. The number of hydrogen-bond donors (Lipinski definition) is 0. The zero-order valence-corrected chi connectivity index (χ0v) is 9.75. The number of nitrogens with zero attached hydrogens (tertiary/aromatic N) is 1. The van der Waals surface area contributed by atoms with Crippen LogP contribution in [0.3, 0.4) is 0 Å². The van der Waals surface area contributed by atoms with E-state index in [1.807, 2.05) is 0 Å². The fraction of sp³-hybridized carbons (Fsp3) is 1.00. The van der Waals surface area contributed by atoms with E-state index in [1.54, 1.807) is 0 Å². The lowest BCUT2D eigenvalue weighted by atomic mass is 9.59. The Hall–Kier alpha value is 0.690. The van der Waals surface area contributed by atoms with Crippen LogP contribution in [0.15, 0.2) is 0 Å². The number of halogens is 1. The molecule has 0 amide bonds. The molecule has 3 heterocycles. The van der Waals surface area contributed by atoms with Crippen LogP contribution in [-0.2, 0) is 0 Å². The second kappa shape index (κ2) is 2.38. The molecule has 3 fully saturated rings. The highest BCUT2D eigenvalue weighted by atomic mass is 127. The SMILES string of the molecule is CC12CC3CC(CI)CC(C1)N32. The van der Waals surface area contributed by atoms with Gasteiger partial charge < -0.3 is 0 Å². The third-order valence-corrected chi connectivity index (χ3v) is 5.44. The van der Waals surface area contributed by atoms with Gasteiger partial charge in [0.1, 0.15) is 0 Å². The monoisotopic (exact) mass is 277 g/mol. The van der Waals surface area contributed by atoms with Crippen molar-refractivity contribution < 1.29 is 0 Å². The van der Waals surface area contributed by atoms with Crippen LogP contribution in [0.1, 0.15) is 32.6 Å². The minimum absolute atomic E-state index is 0.672. The Morgan fingerprint density at radius 2 is 1.92 bits per heavy atom. The summed E-state index contributed by atoms with van der Waals surface area (Å²) in [5.41, 5.74) is 0.672. The lowest BCUT2D eigenvalue weighted by Gasteiger charge is -2.72. The van der Waals surface area contributed by atoms with Crippen molar-refractivity contribution >= 4 is 22.6 Å². The standard InChI is InChI=1S/C10H16IN/c1-10-4-8-2-7(6-11)3-9(5-10)12(8)10/h7-9H,2-6H2,1H3. The summed E-state index contributed by atoms with van der Waals surface area (Å²) in [6, 6.07) is 1.98. The Balaban J connectivity index is 1.75. The molecule has 3 aliphatic heterocycles. The van der Waals surface area contributed by atoms with Crippen molar-refractivity contribution in [1.82, 2.24) is 4.90 Å². The van der Waals surface area contributed by atoms with Crippen molar-refractivity contribution in [2.45, 2.75) is 50.2 Å². The average molecular weight is 277 g/mol. The molecule has 3 rings (SSSR count). The van der Waals surface area contributed by atoms with Gasteiger partial charge in [0.25, 0.3) is 0 Å². The molecule has 2 unspecified atom stereocenters. The quantitative estimate of drug-likeness (QED) is 0.525. The predicted octanol–water partition coefficient (Wildman–Crippen LogP) is 2.44. The highest BCUT2D eigenvalue weighted by molar-refractivity contribution is 14.1. The van der Waals surface area contributed by atoms with E-state index in [4.69, 9.17) is 0 Å². The van der Waals surface area contributed by atoms with E-state index in [1.165, 1.54) is 30.1 Å². The third-order valence-electron chi connectivity index (χ3n) is 4.19. The predicted molar refractivity (Wildman–Crippen MR) is 58.7 cm³/mol. The Morgan fingerprint density at radius 1 is 1.33 bits per heavy atom. The molecule has 0 radical (unpaired) electrons. The van der Waals surface area contributed by atoms with Gasteiger partial charge in [0, 0.05) is 22.1 Å². The van der Waals surface area contributed by atoms with E-state index in [0.717, 1.165) is 18.0 Å². The van der Waals surface area contributed by atoms with Crippen LogP contribution >= 0.6 is 22.6 Å². The molecule has 2 atom stereocenters. The first-order valence-corrected chi connectivity index (χ1v) is 6.60. The van der Waals surface area contributed by atoms with Crippen LogP contribution in [0.25, 0.3) is 0 Å². The molecular formula is C10H16IN. The Labute approximate surface area is 88.0 Å². The summed E-state index contributed by atoms with van der Waals surface area (Å²) in [5, 5.41) is 0. The first-order chi connectivity index (χ1) is 5.73. The summed E-state index contributed by atoms with van der Waals surface area (Å²) in [6.45, 7) is 2.45. The van der Waals surface area contributed by atoms with Gasteiger partial charge >= 0.3 is 0 Å². The van der Waals surface area contributed by atoms with Crippen LogP contribution in [-0.4, -0.2) is 27.0 Å². The van der Waals surface area contributed by atoms with Crippen molar-refractivity contribution in [3.8, 4) is 0 Å². The van der Waals surface area contributed by atoms with Crippen molar-refractivity contribution in [3.63, 3.8) is 0 Å². The van der Waals surface area contributed by atoms with Crippen molar-refractivity contribution in [2.75, 3.05) is 4.43 Å². The molecule has 0 saturated carbocycles. The molecule has 0 bridgehead atoms. The number of piperidine rings is 2. The Bertz CT molecular complexity index is 200. The molecule has 12 heavy (non-hydrogen) atoms. The molecule has 0 spiro atoms. The van der Waals surface area contributed by atoms with Crippen LogP contribution < -0.4 is 0 Å². The molecule has 0 N–H and O–H groups in total. The van der Waals surface area contributed by atoms with Gasteiger partial charge in [-0.05, 0) is 38.5 Å². The van der Waals surface area contributed by atoms with E-state index in [9.17, 15) is 0 Å². The highest BCUT2D eigenvalue weighted by Gasteiger charge is 2.62. The first-order valence-electron chi connectivity index (χ1n) is 5.07. The largest absolute Gasteiger partial charge is 0.292 e. The molecule has 3 aliphatic rings. The minimum Gasteiger partial charge on any atom is -0.292 e. The zero-order chi connectivity index (χ0) is 8.34. The summed E-state index contributed by atoms with van der Waals surface area (Å²) in [5.74, 6) is 1.04. The van der Waals surface area contributed by atoms with Gasteiger partial charge in [-0.2, -0.15) is 0 Å². The maximum atomic E-state index is 2.80. The second-order valence-corrected chi connectivity index (χ2v) is 5.99. The van der Waals surface area contributed by atoms with Crippen LogP contribution in [0.5, 0.6) is 0 Å². The van der Waals surface area contributed by atoms with Gasteiger partial charge in [0.15, 0.2) is 0 Å². The van der Waals surface area contributed by atoms with Crippen molar-refractivity contribution in [1.29, 1.82) is 0 Å². The van der Waals surface area contributed by atoms with Gasteiger partial charge in [-0.3, -0.25) is 4.90 Å². The average Bonchev–Trinajstić information content (AvgIpc) is 1.98. The smallest absolute Gasteiger partial charge is 0.0217 e. The van der Waals surface area contributed by atoms with E-state index in [2.05, 4.69) is 34.4 Å². The molecule has 0 aromatic heterocycles. The third kappa shape index (κ3) is 0.834. The van der Waals surface area contributed by atoms with Crippen LogP contribution in [0, 0.1) is 5.92 Å². The topological polar surface area (TPSA) is 3.24 Å². The van der Waals surface area contributed by atoms with Gasteiger partial charge in [-0.25, -0.2) is 0 Å². The molecular weight excluding hydrogens is 261 g/mol. The normalized spacial score (nSPS) is 57.0. The maximum Gasteiger partial charge on any atom is 0.0217 e. The summed E-state index contributed by atoms with van der Waals surface area (Å²) in [7, 11) is 0. The van der Waals surface area contributed by atoms with Gasteiger partial charge in [-0.15, -0.1) is 0 Å². The molecule has 3 saturated heterocycles. The molecule has 68 valence electrons. The van der Waals surface area contributed by atoms with Crippen molar-refractivity contribution in [2.24, 2.45) is 5.92 Å². The highest BCUT2D eigenvalue weighted by Crippen LogP contribution is 2.57. The van der Waals surface area contributed by atoms with Gasteiger partial charge in [-0.1, -0.05) is 22.6 Å². The molecule has 0 aliphatic carbocycles. The van der Waals surface area contributed by atoms with Gasteiger partial charge in [0.05, 0.1) is 0 Å². The minimum atomic E-state index is 0.672. The number of rotatable bonds is 1. The first kappa shape index (κ1) is 8.04. The fourth-order valence-corrected chi connectivity index (χ4v) is 4.57. The summed E-state index contributed by atoms with van der Waals surface area (Å²) >= 11 is 2.56. The van der Waals surface area contributed by atoms with E-state index >= 15 is 0 Å². The van der Waals surface area contributed by atoms with Crippen molar-refractivity contribution in [3.05, 3.63) is 0 Å². The van der Waals surface area contributed by atoms with Crippen LogP contribution in [0.2, 0.25) is 0 Å². The molecule has 1 nitrogen and oxygen atoms in total. The van der Waals surface area contributed by atoms with Gasteiger partial charge in [0.2, 0.25) is 0 Å². The molecule has 2 heteroatoms. The number of alkyl halides is 1. The summed E-state index contributed by atoms with van der Waals surface area (Å²) < 4.78 is 1.38. The second-order valence-electron chi connectivity index (χ2n) is 5.11. The Kier molecular flexibility index (Phi) is 1.59. The fourth-order valence-electron chi connectivity index (χ4n) is 3.85. The zero-order valence-electron chi connectivity index (χ0n) is 7.59.